The van der Waals surface area contributed by atoms with Crippen molar-refractivity contribution >= 4 is 11.9 Å². The van der Waals surface area contributed by atoms with Gasteiger partial charge in [0.1, 0.15) is 11.5 Å². The van der Waals surface area contributed by atoms with Crippen LogP contribution in [0.3, 0.4) is 0 Å². The molecule has 4 fully saturated rings. The van der Waals surface area contributed by atoms with Crippen molar-refractivity contribution < 1.29 is 19.1 Å². The van der Waals surface area contributed by atoms with Crippen molar-refractivity contribution in [1.82, 2.24) is 15.5 Å². The van der Waals surface area contributed by atoms with E-state index in [-0.39, 0.29) is 17.5 Å². The molecule has 4 saturated carbocycles. The number of nitrogens with zero attached hydrogens (tertiary/aromatic N) is 1. The molecule has 0 radical (unpaired) electrons. The number of benzene rings is 1. The molecule has 31 heavy (non-hydrogen) atoms. The first-order valence-corrected chi connectivity index (χ1v) is 11.3. The molecule has 0 heterocycles. The Kier molecular flexibility index (Phi) is 6.15. The lowest BCUT2D eigenvalue weighted by Crippen LogP contribution is -2.62. The van der Waals surface area contributed by atoms with Gasteiger partial charge >= 0.3 is 6.03 Å². The molecule has 4 aliphatic carbocycles. The van der Waals surface area contributed by atoms with Gasteiger partial charge in [-0.3, -0.25) is 15.0 Å². The van der Waals surface area contributed by atoms with Crippen LogP contribution >= 0.6 is 0 Å². The molecule has 7 heteroatoms. The van der Waals surface area contributed by atoms with Gasteiger partial charge < -0.3 is 14.8 Å². The zero-order valence-electron chi connectivity index (χ0n) is 19.1. The Morgan fingerprint density at radius 3 is 2.26 bits per heavy atom. The minimum absolute atomic E-state index is 0.106. The third kappa shape index (κ3) is 4.66. The van der Waals surface area contributed by atoms with Gasteiger partial charge in [-0.15, -0.1) is 0 Å². The fourth-order valence-electron chi connectivity index (χ4n) is 6.34. The summed E-state index contributed by atoms with van der Waals surface area (Å²) in [6.07, 6.45) is 7.14. The predicted octanol–water partition coefficient (Wildman–Crippen LogP) is 3.32. The molecule has 2 N–H and O–H groups in total. The second kappa shape index (κ2) is 8.69. The molecule has 4 aliphatic rings. The SMILES string of the molecule is COc1ccc(CN(C)[C@H](C)C(=O)NC(=O)NC23CC4CC(CC(C4)C2)C3)c(OC)c1. The van der Waals surface area contributed by atoms with Gasteiger partial charge in [0.2, 0.25) is 5.91 Å². The van der Waals surface area contributed by atoms with Gasteiger partial charge in [-0.25, -0.2) is 4.79 Å². The predicted molar refractivity (Wildman–Crippen MR) is 118 cm³/mol. The number of methoxy groups -OCH3 is 2. The van der Waals surface area contributed by atoms with Crippen molar-refractivity contribution in [2.75, 3.05) is 21.3 Å². The summed E-state index contributed by atoms with van der Waals surface area (Å²) in [7, 11) is 5.09. The Morgan fingerprint density at radius 1 is 1.10 bits per heavy atom. The fourth-order valence-corrected chi connectivity index (χ4v) is 6.34. The lowest BCUT2D eigenvalue weighted by Gasteiger charge is -2.56. The van der Waals surface area contributed by atoms with Gasteiger partial charge in [0.25, 0.3) is 0 Å². The molecular formula is C24H35N3O4. The Balaban J connectivity index is 1.32. The van der Waals surface area contributed by atoms with E-state index < -0.39 is 6.04 Å². The third-order valence-electron chi connectivity index (χ3n) is 7.61. The minimum atomic E-state index is -0.464. The number of hydrogen-bond donors (Lipinski definition) is 2. The van der Waals surface area contributed by atoms with Crippen molar-refractivity contribution in [2.24, 2.45) is 17.8 Å². The average Bonchev–Trinajstić information content (AvgIpc) is 2.71. The number of rotatable bonds is 7. The number of hydrogen-bond acceptors (Lipinski definition) is 5. The van der Waals surface area contributed by atoms with Gasteiger partial charge in [-0.2, -0.15) is 0 Å². The van der Waals surface area contributed by atoms with E-state index in [0.717, 1.165) is 48.3 Å². The summed E-state index contributed by atoms with van der Waals surface area (Å²) in [4.78, 5) is 27.4. The first-order chi connectivity index (χ1) is 14.8. The molecule has 7 nitrogen and oxygen atoms in total. The molecule has 1 atom stereocenters. The quantitative estimate of drug-likeness (QED) is 0.695. The van der Waals surface area contributed by atoms with Gasteiger partial charge in [0.15, 0.2) is 0 Å². The van der Waals surface area contributed by atoms with Crippen molar-refractivity contribution in [3.63, 3.8) is 0 Å². The van der Waals surface area contributed by atoms with Gasteiger partial charge in [0, 0.05) is 23.7 Å². The van der Waals surface area contributed by atoms with E-state index in [9.17, 15) is 9.59 Å². The highest BCUT2D eigenvalue weighted by Gasteiger charge is 2.51. The van der Waals surface area contributed by atoms with Crippen LogP contribution in [0, 0.1) is 17.8 Å². The van der Waals surface area contributed by atoms with E-state index in [2.05, 4.69) is 10.6 Å². The topological polar surface area (TPSA) is 79.9 Å². The number of imide groups is 1. The lowest BCUT2D eigenvalue weighted by molar-refractivity contribution is -0.124. The highest BCUT2D eigenvalue weighted by molar-refractivity contribution is 5.97. The zero-order valence-corrected chi connectivity index (χ0v) is 19.1. The molecule has 4 bridgehead atoms. The van der Waals surface area contributed by atoms with E-state index in [0.29, 0.717) is 12.3 Å². The Bertz CT molecular complexity index is 805. The first-order valence-electron chi connectivity index (χ1n) is 11.3. The number of urea groups is 1. The molecule has 0 aromatic heterocycles. The molecule has 3 amide bonds. The van der Waals surface area contributed by atoms with Crippen molar-refractivity contribution in [2.45, 2.75) is 63.6 Å². The van der Waals surface area contributed by atoms with Crippen LogP contribution in [0.15, 0.2) is 18.2 Å². The molecule has 0 unspecified atom stereocenters. The molecule has 5 rings (SSSR count). The van der Waals surface area contributed by atoms with E-state index in [1.807, 2.05) is 37.1 Å². The van der Waals surface area contributed by atoms with Crippen LogP contribution in [0.5, 0.6) is 11.5 Å². The minimum Gasteiger partial charge on any atom is -0.497 e. The maximum absolute atomic E-state index is 12.8. The van der Waals surface area contributed by atoms with E-state index >= 15 is 0 Å². The summed E-state index contributed by atoms with van der Waals surface area (Å²) in [5.74, 6) is 3.36. The Labute approximate surface area is 184 Å². The van der Waals surface area contributed by atoms with Crippen LogP contribution in [-0.4, -0.2) is 49.7 Å². The number of likely N-dealkylation sites (N-methyl/N-ethyl adjacent to an activating group) is 1. The first kappa shape index (κ1) is 21.9. The molecule has 1 aromatic rings. The second-order valence-electron chi connectivity index (χ2n) is 9.91. The summed E-state index contributed by atoms with van der Waals surface area (Å²) in [6.45, 7) is 2.32. The second-order valence-corrected chi connectivity index (χ2v) is 9.91. The average molecular weight is 430 g/mol. The van der Waals surface area contributed by atoms with Crippen LogP contribution in [0.25, 0.3) is 0 Å². The van der Waals surface area contributed by atoms with Crippen molar-refractivity contribution in [3.8, 4) is 11.5 Å². The molecule has 0 saturated heterocycles. The van der Waals surface area contributed by atoms with Crippen LogP contribution in [0.1, 0.15) is 51.0 Å². The van der Waals surface area contributed by atoms with Gasteiger partial charge in [0.05, 0.1) is 20.3 Å². The van der Waals surface area contributed by atoms with Crippen molar-refractivity contribution in [3.05, 3.63) is 23.8 Å². The lowest BCUT2D eigenvalue weighted by atomic mass is 9.53. The van der Waals surface area contributed by atoms with E-state index in [1.54, 1.807) is 14.2 Å². The molecule has 170 valence electrons. The number of amides is 3. The standard InChI is InChI=1S/C24H35N3O4/c1-15(27(2)14-19-5-6-20(30-3)10-21(19)31-4)22(28)25-23(29)26-24-11-16-7-17(12-24)9-18(8-16)13-24/h5-6,10,15-18H,7-9,11-14H2,1-4H3,(H2,25,26,28,29)/t15-,16?,17?,18?,24?/m1/s1. The summed E-state index contributed by atoms with van der Waals surface area (Å²) in [6, 6.07) is 4.81. The maximum atomic E-state index is 12.8. The van der Waals surface area contributed by atoms with Crippen LogP contribution in [0.4, 0.5) is 4.79 Å². The largest absolute Gasteiger partial charge is 0.497 e. The summed E-state index contributed by atoms with van der Waals surface area (Å²) < 4.78 is 10.7. The van der Waals surface area contributed by atoms with Gasteiger partial charge in [-0.1, -0.05) is 6.07 Å². The van der Waals surface area contributed by atoms with E-state index in [4.69, 9.17) is 9.47 Å². The summed E-state index contributed by atoms with van der Waals surface area (Å²) in [5.41, 5.74) is 0.841. The molecule has 0 aliphatic heterocycles. The Morgan fingerprint density at radius 2 is 1.71 bits per heavy atom. The summed E-state index contributed by atoms with van der Waals surface area (Å²) >= 11 is 0. The van der Waals surface area contributed by atoms with Crippen LogP contribution in [0.2, 0.25) is 0 Å². The van der Waals surface area contributed by atoms with Crippen LogP contribution < -0.4 is 20.1 Å². The molecular weight excluding hydrogens is 394 g/mol. The zero-order chi connectivity index (χ0) is 22.2. The van der Waals surface area contributed by atoms with Crippen LogP contribution in [-0.2, 0) is 11.3 Å². The molecule has 1 aromatic carbocycles. The number of ether oxygens (including phenoxy) is 2. The fraction of sp³-hybridized carbons (Fsp3) is 0.667. The monoisotopic (exact) mass is 429 g/mol. The number of nitrogens with one attached hydrogen (secondary N) is 2. The highest BCUT2D eigenvalue weighted by atomic mass is 16.5. The Hall–Kier alpha value is -2.28. The normalized spacial score (nSPS) is 29.5. The number of carbonyl (C=O) groups excluding carboxylic acids is 2. The number of carbonyl (C=O) groups is 2. The highest BCUT2D eigenvalue weighted by Crippen LogP contribution is 2.55. The van der Waals surface area contributed by atoms with Crippen molar-refractivity contribution in [1.29, 1.82) is 0 Å². The van der Waals surface area contributed by atoms with E-state index in [1.165, 1.54) is 19.3 Å². The summed E-state index contributed by atoms with van der Waals surface area (Å²) in [5, 5.41) is 5.79. The maximum Gasteiger partial charge on any atom is 0.321 e. The molecule has 0 spiro atoms. The smallest absolute Gasteiger partial charge is 0.321 e. The third-order valence-corrected chi connectivity index (χ3v) is 7.61. The van der Waals surface area contributed by atoms with Gasteiger partial charge in [-0.05, 0) is 76.3 Å².